The number of nitrogens with zero attached hydrogens (tertiary/aromatic N) is 2. The predicted octanol–water partition coefficient (Wildman–Crippen LogP) is 2.50. The fourth-order valence-electron chi connectivity index (χ4n) is 2.38. The summed E-state index contributed by atoms with van der Waals surface area (Å²) in [6, 6.07) is 15.3. The van der Waals surface area contributed by atoms with Crippen molar-refractivity contribution in [1.29, 1.82) is 0 Å². The van der Waals surface area contributed by atoms with E-state index in [-0.39, 0.29) is 17.9 Å². The highest BCUT2D eigenvalue weighted by atomic mass is 16.1. The first-order valence-electron chi connectivity index (χ1n) is 5.74. The number of Topliss-reactive ketones (excluding diaryl/α,β-unsaturated/α-hetero) is 1. The van der Waals surface area contributed by atoms with Crippen LogP contribution in [0.25, 0.3) is 16.7 Å². The lowest BCUT2D eigenvalue weighted by Crippen LogP contribution is -2.17. The molecule has 0 heterocycles. The Morgan fingerprint density at radius 3 is 2.22 bits per heavy atom. The maximum atomic E-state index is 12.1. The average molecular weight is 234 g/mol. The Balaban J connectivity index is 2.40. The predicted molar refractivity (Wildman–Crippen MR) is 68.3 cm³/mol. The third kappa shape index (κ3) is 1.50. The fraction of sp³-hybridized carbons (Fsp3) is 0.0667. The molecule has 0 aliphatic heterocycles. The molecule has 86 valence electrons. The van der Waals surface area contributed by atoms with E-state index in [4.69, 9.17) is 5.53 Å². The minimum atomic E-state index is -0.157. The van der Waals surface area contributed by atoms with E-state index >= 15 is 0 Å². The summed E-state index contributed by atoms with van der Waals surface area (Å²) in [6.45, 7) is 0. The number of fused-ring (bicyclic) bond motifs is 3. The van der Waals surface area contributed by atoms with Gasteiger partial charge in [0.2, 0.25) is 5.78 Å². The number of carbonyl (C=O) groups excluding carboxylic acids is 1. The topological polar surface area (TPSA) is 53.5 Å². The first-order valence-corrected chi connectivity index (χ1v) is 5.74. The van der Waals surface area contributed by atoms with Gasteiger partial charge in [0.25, 0.3) is 0 Å². The van der Waals surface area contributed by atoms with Crippen LogP contribution >= 0.6 is 0 Å². The molecule has 1 aliphatic rings. The van der Waals surface area contributed by atoms with Crippen LogP contribution < -0.4 is 0 Å². The normalized spacial score (nSPS) is 13.3. The summed E-state index contributed by atoms with van der Waals surface area (Å²) < 4.78 is 0. The van der Waals surface area contributed by atoms with E-state index in [1.54, 1.807) is 0 Å². The van der Waals surface area contributed by atoms with Crippen molar-refractivity contribution in [3.63, 3.8) is 0 Å². The van der Waals surface area contributed by atoms with Crippen molar-refractivity contribution in [2.45, 2.75) is 6.42 Å². The van der Waals surface area contributed by atoms with E-state index < -0.39 is 0 Å². The Morgan fingerprint density at radius 1 is 0.889 bits per heavy atom. The van der Waals surface area contributed by atoms with Crippen LogP contribution in [0, 0.1) is 0 Å². The van der Waals surface area contributed by atoms with E-state index in [9.17, 15) is 4.79 Å². The summed E-state index contributed by atoms with van der Waals surface area (Å²) in [5, 5.41) is 0. The molecule has 0 N–H and O–H groups in total. The molecule has 1 aliphatic carbocycles. The first kappa shape index (κ1) is 10.6. The molecule has 3 nitrogen and oxygen atoms in total. The van der Waals surface area contributed by atoms with Crippen LogP contribution in [0.15, 0.2) is 48.5 Å². The second-order valence-electron chi connectivity index (χ2n) is 4.25. The van der Waals surface area contributed by atoms with Crippen LogP contribution in [-0.4, -0.2) is 16.3 Å². The van der Waals surface area contributed by atoms with E-state index in [0.29, 0.717) is 5.56 Å². The molecule has 0 radical (unpaired) electrons. The highest BCUT2D eigenvalue weighted by Crippen LogP contribution is 2.30. The summed E-state index contributed by atoms with van der Waals surface area (Å²) in [7, 11) is 0. The summed E-state index contributed by atoms with van der Waals surface area (Å²) in [6.07, 6.45) is 0.268. The Morgan fingerprint density at radius 2 is 1.50 bits per heavy atom. The standard InChI is InChI=1S/C15H10N2O/c16-17-15-13-8-4-3-7-12(13)11-6-2-1-5-10(11)9-14(15)18/h1-8H,9H2. The van der Waals surface area contributed by atoms with Gasteiger partial charge in [-0.15, -0.1) is 0 Å². The minimum Gasteiger partial charge on any atom is -0.361 e. The van der Waals surface area contributed by atoms with Gasteiger partial charge in [0.1, 0.15) is 0 Å². The molecule has 0 fully saturated rings. The molecule has 0 saturated carbocycles. The van der Waals surface area contributed by atoms with Crippen molar-refractivity contribution in [3.05, 3.63) is 65.2 Å². The van der Waals surface area contributed by atoms with E-state index in [1.807, 2.05) is 48.5 Å². The molecular formula is C15H10N2O. The van der Waals surface area contributed by atoms with Gasteiger partial charge in [-0.25, -0.2) is 0 Å². The number of carbonyl (C=O) groups is 1. The minimum absolute atomic E-state index is 0.141. The van der Waals surface area contributed by atoms with Crippen LogP contribution in [-0.2, 0) is 11.2 Å². The summed E-state index contributed by atoms with van der Waals surface area (Å²) in [5.41, 5.74) is 12.8. The Labute approximate surface area is 104 Å². The van der Waals surface area contributed by atoms with Crippen molar-refractivity contribution in [1.82, 2.24) is 0 Å². The lowest BCUT2D eigenvalue weighted by Gasteiger charge is -2.06. The lowest BCUT2D eigenvalue weighted by atomic mass is 9.96. The zero-order valence-corrected chi connectivity index (χ0v) is 9.63. The molecule has 2 aromatic carbocycles. The van der Waals surface area contributed by atoms with Gasteiger partial charge >= 0.3 is 5.71 Å². The molecule has 0 atom stereocenters. The zero-order valence-electron chi connectivity index (χ0n) is 9.63. The summed E-state index contributed by atoms with van der Waals surface area (Å²) in [4.78, 5) is 15.3. The number of ketones is 1. The molecule has 0 saturated heterocycles. The second kappa shape index (κ2) is 4.06. The maximum Gasteiger partial charge on any atom is 0.365 e. The Bertz CT molecular complexity index is 697. The van der Waals surface area contributed by atoms with Gasteiger partial charge in [-0.1, -0.05) is 42.5 Å². The van der Waals surface area contributed by atoms with Crippen LogP contribution in [0.1, 0.15) is 11.1 Å². The van der Waals surface area contributed by atoms with Gasteiger partial charge in [-0.05, 0) is 22.8 Å². The molecule has 0 aromatic heterocycles. The third-order valence-electron chi connectivity index (χ3n) is 3.20. The Kier molecular flexibility index (Phi) is 2.40. The average Bonchev–Trinajstić information content (AvgIpc) is 2.52. The van der Waals surface area contributed by atoms with Gasteiger partial charge in [0.05, 0.1) is 5.56 Å². The van der Waals surface area contributed by atoms with Crippen LogP contribution in [0.4, 0.5) is 0 Å². The molecule has 2 aromatic rings. The van der Waals surface area contributed by atoms with E-state index in [2.05, 4.69) is 4.79 Å². The maximum absolute atomic E-state index is 12.1. The quantitative estimate of drug-likeness (QED) is 0.510. The van der Waals surface area contributed by atoms with Gasteiger partial charge in [-0.3, -0.25) is 4.79 Å². The number of rotatable bonds is 0. The highest BCUT2D eigenvalue weighted by Gasteiger charge is 2.30. The SMILES string of the molecule is [N-]=[N+]=C1C(=O)Cc2ccccc2-c2ccccc21. The molecule has 3 rings (SSSR count). The van der Waals surface area contributed by atoms with Crippen LogP contribution in [0.3, 0.4) is 0 Å². The van der Waals surface area contributed by atoms with Gasteiger partial charge in [0, 0.05) is 6.42 Å². The largest absolute Gasteiger partial charge is 0.365 e. The zero-order chi connectivity index (χ0) is 12.5. The van der Waals surface area contributed by atoms with E-state index in [0.717, 1.165) is 16.7 Å². The van der Waals surface area contributed by atoms with Crippen molar-refractivity contribution in [3.8, 4) is 11.1 Å². The molecule has 0 amide bonds. The summed E-state index contributed by atoms with van der Waals surface area (Å²) >= 11 is 0. The molecule has 3 heteroatoms. The van der Waals surface area contributed by atoms with Crippen LogP contribution in [0.2, 0.25) is 0 Å². The third-order valence-corrected chi connectivity index (χ3v) is 3.20. The molecule has 0 spiro atoms. The van der Waals surface area contributed by atoms with Crippen molar-refractivity contribution in [2.24, 2.45) is 0 Å². The van der Waals surface area contributed by atoms with Crippen LogP contribution in [0.5, 0.6) is 0 Å². The van der Waals surface area contributed by atoms with Gasteiger partial charge in [-0.2, -0.15) is 4.79 Å². The van der Waals surface area contributed by atoms with Crippen molar-refractivity contribution < 1.29 is 9.58 Å². The fourth-order valence-corrected chi connectivity index (χ4v) is 2.38. The molecule has 0 unspecified atom stereocenters. The monoisotopic (exact) mass is 234 g/mol. The van der Waals surface area contributed by atoms with Crippen molar-refractivity contribution >= 4 is 11.5 Å². The summed E-state index contributed by atoms with van der Waals surface area (Å²) in [5.74, 6) is -0.157. The smallest absolute Gasteiger partial charge is 0.361 e. The second-order valence-corrected chi connectivity index (χ2v) is 4.25. The molecular weight excluding hydrogens is 224 g/mol. The first-order chi connectivity index (χ1) is 8.81. The van der Waals surface area contributed by atoms with Crippen molar-refractivity contribution in [2.75, 3.05) is 0 Å². The highest BCUT2D eigenvalue weighted by molar-refractivity contribution is 6.46. The number of hydrogen-bond acceptors (Lipinski definition) is 1. The Hall–Kier alpha value is -2.51. The number of hydrogen-bond donors (Lipinski definition) is 0. The van der Waals surface area contributed by atoms with Gasteiger partial charge < -0.3 is 5.53 Å². The molecule has 18 heavy (non-hydrogen) atoms. The van der Waals surface area contributed by atoms with E-state index in [1.165, 1.54) is 0 Å². The molecule has 0 bridgehead atoms. The van der Waals surface area contributed by atoms with Gasteiger partial charge in [0.15, 0.2) is 0 Å². The number of benzene rings is 2. The lowest BCUT2D eigenvalue weighted by molar-refractivity contribution is -0.116.